The quantitative estimate of drug-likeness (QED) is 0.823. The Labute approximate surface area is 141 Å². The molecule has 21 heavy (non-hydrogen) atoms. The minimum absolute atomic E-state index is 0.408. The summed E-state index contributed by atoms with van der Waals surface area (Å²) >= 11 is 5.49. The minimum atomic E-state index is 0.408. The minimum Gasteiger partial charge on any atom is -0.315 e. The molecule has 4 heteroatoms. The van der Waals surface area contributed by atoms with Gasteiger partial charge < -0.3 is 5.32 Å². The van der Waals surface area contributed by atoms with E-state index < -0.39 is 0 Å². The lowest BCUT2D eigenvalue weighted by atomic mass is 9.82. The third-order valence-corrected chi connectivity index (χ3v) is 7.20. The van der Waals surface area contributed by atoms with Crippen LogP contribution in [0.2, 0.25) is 0 Å². The summed E-state index contributed by atoms with van der Waals surface area (Å²) in [6.07, 6.45) is 10.9. The molecule has 1 unspecified atom stereocenters. The Kier molecular flexibility index (Phi) is 5.41. The third kappa shape index (κ3) is 3.39. The first-order valence-corrected chi connectivity index (χ1v) is 10.1. The standard InChI is InChI=1S/C17H27BrN2S/c1-19-16(12-15-11-14(18)13-21-15)17(7-3-4-8-17)20-9-5-2-6-10-20/h11,13,16,19H,2-10,12H2,1H3. The average Bonchev–Trinajstić information content (AvgIpc) is 3.15. The maximum atomic E-state index is 3.69. The van der Waals surface area contributed by atoms with E-state index in [1.807, 2.05) is 11.3 Å². The molecule has 1 aliphatic carbocycles. The summed E-state index contributed by atoms with van der Waals surface area (Å²) in [5.41, 5.74) is 0.408. The van der Waals surface area contributed by atoms with Crippen LogP contribution in [0.15, 0.2) is 15.9 Å². The molecule has 2 nitrogen and oxygen atoms in total. The molecule has 1 saturated carbocycles. The van der Waals surface area contributed by atoms with Crippen LogP contribution in [-0.4, -0.2) is 36.6 Å². The number of hydrogen-bond acceptors (Lipinski definition) is 3. The zero-order valence-corrected chi connectivity index (χ0v) is 15.4. The predicted octanol–water partition coefficient (Wildman–Crippen LogP) is 4.44. The van der Waals surface area contributed by atoms with E-state index in [9.17, 15) is 0 Å². The molecule has 1 aromatic rings. The van der Waals surface area contributed by atoms with Gasteiger partial charge in [-0.2, -0.15) is 0 Å². The maximum Gasteiger partial charge on any atom is 0.0365 e. The normalized spacial score (nSPS) is 24.3. The van der Waals surface area contributed by atoms with E-state index in [2.05, 4.69) is 44.6 Å². The van der Waals surface area contributed by atoms with Gasteiger partial charge in [0.05, 0.1) is 0 Å². The molecule has 118 valence electrons. The molecule has 1 atom stereocenters. The summed E-state index contributed by atoms with van der Waals surface area (Å²) < 4.78 is 1.23. The van der Waals surface area contributed by atoms with Gasteiger partial charge in [-0.3, -0.25) is 4.90 Å². The Morgan fingerprint density at radius 2 is 1.95 bits per heavy atom. The van der Waals surface area contributed by atoms with Gasteiger partial charge >= 0.3 is 0 Å². The number of rotatable bonds is 5. The Morgan fingerprint density at radius 3 is 2.52 bits per heavy atom. The first-order chi connectivity index (χ1) is 10.2. The van der Waals surface area contributed by atoms with Crippen LogP contribution in [0.25, 0.3) is 0 Å². The number of hydrogen-bond donors (Lipinski definition) is 1. The van der Waals surface area contributed by atoms with E-state index in [-0.39, 0.29) is 0 Å². The topological polar surface area (TPSA) is 15.3 Å². The zero-order valence-electron chi connectivity index (χ0n) is 13.0. The van der Waals surface area contributed by atoms with Crippen LogP contribution in [0.4, 0.5) is 0 Å². The van der Waals surface area contributed by atoms with Gasteiger partial charge in [0.15, 0.2) is 0 Å². The number of thiophene rings is 1. The van der Waals surface area contributed by atoms with Crippen LogP contribution in [0, 0.1) is 0 Å². The highest BCUT2D eigenvalue weighted by Gasteiger charge is 2.45. The Bertz CT molecular complexity index is 447. The van der Waals surface area contributed by atoms with Crippen LogP contribution < -0.4 is 5.32 Å². The molecule has 0 amide bonds. The molecule has 1 aromatic heterocycles. The van der Waals surface area contributed by atoms with Crippen molar-refractivity contribution in [2.24, 2.45) is 0 Å². The molecule has 1 saturated heterocycles. The summed E-state index contributed by atoms with van der Waals surface area (Å²) in [5.74, 6) is 0. The van der Waals surface area contributed by atoms with Gasteiger partial charge in [0.2, 0.25) is 0 Å². The Hall–Kier alpha value is 0.1000. The van der Waals surface area contributed by atoms with Gasteiger partial charge in [0.1, 0.15) is 0 Å². The molecule has 0 radical (unpaired) electrons. The molecule has 0 bridgehead atoms. The van der Waals surface area contributed by atoms with Gasteiger partial charge in [0, 0.05) is 26.3 Å². The number of nitrogens with one attached hydrogen (secondary N) is 1. The lowest BCUT2D eigenvalue weighted by molar-refractivity contribution is 0.0391. The van der Waals surface area contributed by atoms with Crippen molar-refractivity contribution in [3.05, 3.63) is 20.8 Å². The van der Waals surface area contributed by atoms with Crippen molar-refractivity contribution >= 4 is 27.3 Å². The summed E-state index contributed by atoms with van der Waals surface area (Å²) in [4.78, 5) is 4.34. The predicted molar refractivity (Wildman–Crippen MR) is 95.2 cm³/mol. The van der Waals surface area contributed by atoms with Crippen LogP contribution in [0.3, 0.4) is 0 Å². The van der Waals surface area contributed by atoms with E-state index >= 15 is 0 Å². The van der Waals surface area contributed by atoms with Gasteiger partial charge in [0.25, 0.3) is 0 Å². The van der Waals surface area contributed by atoms with Gasteiger partial charge in [-0.25, -0.2) is 0 Å². The summed E-state index contributed by atoms with van der Waals surface area (Å²) in [6, 6.07) is 2.89. The molecule has 2 heterocycles. The first kappa shape index (κ1) is 16.0. The Balaban J connectivity index is 1.79. The molecule has 0 spiro atoms. The second kappa shape index (κ2) is 7.12. The van der Waals surface area contributed by atoms with Crippen LogP contribution in [0.1, 0.15) is 49.8 Å². The van der Waals surface area contributed by atoms with Gasteiger partial charge in [-0.05, 0) is 74.2 Å². The SMILES string of the molecule is CNC(Cc1cc(Br)cs1)C1(N2CCCCC2)CCCC1. The van der Waals surface area contributed by atoms with Crippen molar-refractivity contribution in [1.29, 1.82) is 0 Å². The number of halogens is 1. The first-order valence-electron chi connectivity index (χ1n) is 8.40. The van der Waals surface area contributed by atoms with Crippen LogP contribution in [-0.2, 0) is 6.42 Å². The summed E-state index contributed by atoms with van der Waals surface area (Å²) in [5, 5.41) is 5.90. The summed E-state index contributed by atoms with van der Waals surface area (Å²) in [6.45, 7) is 2.62. The number of likely N-dealkylation sites (tertiary alicyclic amines) is 1. The highest BCUT2D eigenvalue weighted by molar-refractivity contribution is 9.10. The molecule has 2 fully saturated rings. The highest BCUT2D eigenvalue weighted by atomic mass is 79.9. The largest absolute Gasteiger partial charge is 0.315 e. The van der Waals surface area contributed by atoms with E-state index in [0.717, 1.165) is 0 Å². The maximum absolute atomic E-state index is 3.69. The highest BCUT2D eigenvalue weighted by Crippen LogP contribution is 2.41. The van der Waals surface area contributed by atoms with Crippen LogP contribution >= 0.6 is 27.3 Å². The van der Waals surface area contributed by atoms with E-state index in [1.54, 1.807) is 0 Å². The zero-order chi connectivity index (χ0) is 14.7. The molecule has 3 rings (SSSR count). The van der Waals surface area contributed by atoms with E-state index in [0.29, 0.717) is 11.6 Å². The molecule has 1 N–H and O–H groups in total. The lowest BCUT2D eigenvalue weighted by Crippen LogP contribution is -2.61. The summed E-state index contributed by atoms with van der Waals surface area (Å²) in [7, 11) is 2.16. The van der Waals surface area contributed by atoms with Crippen LogP contribution in [0.5, 0.6) is 0 Å². The Morgan fingerprint density at radius 1 is 1.24 bits per heavy atom. The van der Waals surface area contributed by atoms with Crippen molar-refractivity contribution in [2.45, 2.75) is 62.9 Å². The number of piperidine rings is 1. The van der Waals surface area contributed by atoms with Gasteiger partial charge in [-0.15, -0.1) is 11.3 Å². The van der Waals surface area contributed by atoms with E-state index in [4.69, 9.17) is 0 Å². The second-order valence-electron chi connectivity index (χ2n) is 6.64. The van der Waals surface area contributed by atoms with Crippen molar-refractivity contribution in [3.8, 4) is 0 Å². The lowest BCUT2D eigenvalue weighted by Gasteiger charge is -2.48. The van der Waals surface area contributed by atoms with Crippen molar-refractivity contribution in [3.63, 3.8) is 0 Å². The number of nitrogens with zero attached hydrogens (tertiary/aromatic N) is 1. The molecule has 2 aliphatic rings. The van der Waals surface area contributed by atoms with Crippen molar-refractivity contribution in [1.82, 2.24) is 10.2 Å². The third-order valence-electron chi connectivity index (χ3n) is 5.48. The molecule has 0 aromatic carbocycles. The fourth-order valence-electron chi connectivity index (χ4n) is 4.43. The second-order valence-corrected chi connectivity index (χ2v) is 8.55. The number of likely N-dealkylation sites (N-methyl/N-ethyl adjacent to an activating group) is 1. The average molecular weight is 371 g/mol. The molecule has 1 aliphatic heterocycles. The monoisotopic (exact) mass is 370 g/mol. The van der Waals surface area contributed by atoms with Crippen molar-refractivity contribution < 1.29 is 0 Å². The fourth-order valence-corrected chi connectivity index (χ4v) is 5.93. The van der Waals surface area contributed by atoms with E-state index in [1.165, 1.54) is 73.8 Å². The smallest absolute Gasteiger partial charge is 0.0365 e. The molecular formula is C17H27BrN2S. The molecular weight excluding hydrogens is 344 g/mol. The fraction of sp³-hybridized carbons (Fsp3) is 0.765. The van der Waals surface area contributed by atoms with Crippen molar-refractivity contribution in [2.75, 3.05) is 20.1 Å². The van der Waals surface area contributed by atoms with Gasteiger partial charge in [-0.1, -0.05) is 19.3 Å².